The fraction of sp³-hybridized carbons (Fsp3) is 0.704. The number of rotatable bonds is 5. The second-order valence-corrected chi connectivity index (χ2v) is 10.8. The van der Waals surface area contributed by atoms with Gasteiger partial charge in [0.15, 0.2) is 0 Å². The maximum absolute atomic E-state index is 11.7. The molecule has 4 nitrogen and oxygen atoms in total. The lowest BCUT2D eigenvalue weighted by Crippen LogP contribution is -2.41. The third-order valence-corrected chi connectivity index (χ3v) is 9.07. The topological polar surface area (TPSA) is 52.6 Å². The fourth-order valence-electron chi connectivity index (χ4n) is 7.30. The number of esters is 2. The summed E-state index contributed by atoms with van der Waals surface area (Å²) in [5.74, 6) is 1.49. The largest absolute Gasteiger partial charge is 0.469 e. The average molecular weight is 427 g/mol. The monoisotopic (exact) mass is 426 g/mol. The Hall–Kier alpha value is -1.84. The van der Waals surface area contributed by atoms with Gasteiger partial charge in [0.1, 0.15) is 6.10 Å². The lowest BCUT2D eigenvalue weighted by Gasteiger charge is -2.51. The number of allylic oxidation sites excluding steroid dienone is 5. The molecule has 4 aliphatic carbocycles. The van der Waals surface area contributed by atoms with E-state index < -0.39 is 0 Å². The van der Waals surface area contributed by atoms with E-state index in [1.54, 1.807) is 5.57 Å². The first-order valence-corrected chi connectivity index (χ1v) is 12.1. The molecule has 0 saturated heterocycles. The first-order valence-electron chi connectivity index (χ1n) is 12.1. The summed E-state index contributed by atoms with van der Waals surface area (Å²) >= 11 is 0. The minimum atomic E-state index is -0.174. The Morgan fingerprint density at radius 2 is 1.97 bits per heavy atom. The van der Waals surface area contributed by atoms with Crippen molar-refractivity contribution in [3.05, 3.63) is 34.9 Å². The smallest absolute Gasteiger partial charge is 0.305 e. The summed E-state index contributed by atoms with van der Waals surface area (Å²) in [6, 6.07) is 0. The van der Waals surface area contributed by atoms with Gasteiger partial charge in [-0.25, -0.2) is 0 Å². The highest BCUT2D eigenvalue weighted by Gasteiger charge is 2.54. The molecule has 2 saturated carbocycles. The van der Waals surface area contributed by atoms with Gasteiger partial charge in [0.05, 0.1) is 7.11 Å². The van der Waals surface area contributed by atoms with E-state index in [0.29, 0.717) is 24.2 Å². The molecule has 0 radical (unpaired) electrons. The van der Waals surface area contributed by atoms with Gasteiger partial charge in [-0.05, 0) is 72.8 Å². The second kappa shape index (κ2) is 8.26. The average Bonchev–Trinajstić information content (AvgIpc) is 3.09. The van der Waals surface area contributed by atoms with E-state index in [0.717, 1.165) is 32.1 Å². The van der Waals surface area contributed by atoms with E-state index in [9.17, 15) is 9.59 Å². The van der Waals surface area contributed by atoms with Crippen LogP contribution in [0.2, 0.25) is 0 Å². The van der Waals surface area contributed by atoms with E-state index in [1.165, 1.54) is 38.0 Å². The lowest BCUT2D eigenvalue weighted by atomic mass is 9.54. The molecule has 4 aliphatic rings. The highest BCUT2D eigenvalue weighted by Crippen LogP contribution is 2.64. The van der Waals surface area contributed by atoms with Crippen molar-refractivity contribution in [3.8, 4) is 0 Å². The molecule has 2 unspecified atom stereocenters. The fourth-order valence-corrected chi connectivity index (χ4v) is 7.30. The zero-order chi connectivity index (χ0) is 22.4. The van der Waals surface area contributed by atoms with E-state index in [1.807, 2.05) is 0 Å². The Morgan fingerprint density at radius 3 is 2.68 bits per heavy atom. The molecule has 0 aromatic rings. The molecule has 2 fully saturated rings. The van der Waals surface area contributed by atoms with Crippen LogP contribution in [0.1, 0.15) is 79.1 Å². The maximum Gasteiger partial charge on any atom is 0.305 e. The highest BCUT2D eigenvalue weighted by molar-refractivity contribution is 5.69. The Kier molecular flexibility index (Phi) is 5.95. The molecule has 0 N–H and O–H groups in total. The summed E-state index contributed by atoms with van der Waals surface area (Å²) in [6.07, 6.45) is 15.1. The number of methoxy groups -OCH3 is 1. The first-order chi connectivity index (χ1) is 14.7. The van der Waals surface area contributed by atoms with Crippen LogP contribution in [-0.4, -0.2) is 25.2 Å². The third kappa shape index (κ3) is 3.81. The lowest BCUT2D eigenvalue weighted by molar-refractivity contribution is -0.147. The Morgan fingerprint density at radius 1 is 1.19 bits per heavy atom. The Labute approximate surface area is 187 Å². The summed E-state index contributed by atoms with van der Waals surface area (Å²) in [5.41, 5.74) is 4.85. The predicted octanol–water partition coefficient (Wildman–Crippen LogP) is 5.93. The van der Waals surface area contributed by atoms with Crippen LogP contribution in [0.4, 0.5) is 0 Å². The van der Waals surface area contributed by atoms with Crippen molar-refractivity contribution in [1.82, 2.24) is 0 Å². The van der Waals surface area contributed by atoms with Crippen LogP contribution >= 0.6 is 0 Å². The van der Waals surface area contributed by atoms with Gasteiger partial charge in [0.25, 0.3) is 0 Å². The normalized spacial score (nSPS) is 37.3. The van der Waals surface area contributed by atoms with Crippen LogP contribution < -0.4 is 0 Å². The number of carbonyl (C=O) groups excluding carboxylic acids is 2. The number of carbonyl (C=O) groups is 2. The Bertz CT molecular complexity index is 849. The number of hydrogen-bond acceptors (Lipinski definition) is 4. The van der Waals surface area contributed by atoms with Gasteiger partial charge in [0.2, 0.25) is 0 Å². The molecule has 170 valence electrons. The van der Waals surface area contributed by atoms with E-state index in [2.05, 4.69) is 39.0 Å². The number of fused-ring (bicyclic) bond motifs is 5. The van der Waals surface area contributed by atoms with Crippen molar-refractivity contribution in [1.29, 1.82) is 0 Å². The Balaban J connectivity index is 1.56. The van der Waals surface area contributed by atoms with Crippen LogP contribution in [0.3, 0.4) is 0 Å². The molecule has 0 spiro atoms. The molecule has 4 rings (SSSR count). The van der Waals surface area contributed by atoms with Crippen molar-refractivity contribution in [3.63, 3.8) is 0 Å². The summed E-state index contributed by atoms with van der Waals surface area (Å²) in [6.45, 7) is 8.71. The van der Waals surface area contributed by atoms with Crippen LogP contribution in [0.15, 0.2) is 34.9 Å². The van der Waals surface area contributed by atoms with Crippen LogP contribution in [-0.2, 0) is 19.1 Å². The van der Waals surface area contributed by atoms with Crippen molar-refractivity contribution < 1.29 is 19.1 Å². The molecule has 0 aromatic heterocycles. The molecule has 0 heterocycles. The van der Waals surface area contributed by atoms with Gasteiger partial charge < -0.3 is 9.47 Å². The van der Waals surface area contributed by atoms with Crippen molar-refractivity contribution in [2.24, 2.45) is 28.6 Å². The zero-order valence-electron chi connectivity index (χ0n) is 19.8. The predicted molar refractivity (Wildman–Crippen MR) is 121 cm³/mol. The van der Waals surface area contributed by atoms with Crippen LogP contribution in [0.5, 0.6) is 0 Å². The first kappa shape index (κ1) is 22.4. The molecule has 0 aliphatic heterocycles. The van der Waals surface area contributed by atoms with E-state index >= 15 is 0 Å². The summed E-state index contributed by atoms with van der Waals surface area (Å²) in [4.78, 5) is 23.1. The summed E-state index contributed by atoms with van der Waals surface area (Å²) < 4.78 is 10.4. The quantitative estimate of drug-likeness (QED) is 0.512. The van der Waals surface area contributed by atoms with Gasteiger partial charge in [-0.3, -0.25) is 9.59 Å². The van der Waals surface area contributed by atoms with Gasteiger partial charge in [0, 0.05) is 25.2 Å². The number of ether oxygens (including phenoxy) is 2. The SMILES string of the molecule is COC(=O)CC[C@@H](C)C1CCC2C3=CC=C4C[C@@H](OC(C)=O)CC[C@]4(C)C3=CC[C@@]21C. The van der Waals surface area contributed by atoms with Crippen molar-refractivity contribution >= 4 is 11.9 Å². The zero-order valence-corrected chi connectivity index (χ0v) is 19.8. The standard InChI is InChI=1S/C27H38O4/c1-17(6-11-25(29)30-5)22-9-10-23-21-8-7-19-16-20(31-18(2)28)12-14-26(19,3)24(21)13-15-27(22,23)4/h7-8,13,17,20,22-23H,6,9-12,14-16H2,1-5H3/t17-,20+,22?,23?,26+,27-/m1/s1. The van der Waals surface area contributed by atoms with Gasteiger partial charge in [-0.2, -0.15) is 0 Å². The van der Waals surface area contributed by atoms with E-state index in [-0.39, 0.29) is 28.9 Å². The highest BCUT2D eigenvalue weighted by atomic mass is 16.5. The second-order valence-electron chi connectivity index (χ2n) is 10.8. The van der Waals surface area contributed by atoms with Crippen LogP contribution in [0.25, 0.3) is 0 Å². The molecule has 6 atom stereocenters. The minimum Gasteiger partial charge on any atom is -0.469 e. The van der Waals surface area contributed by atoms with Crippen molar-refractivity contribution in [2.75, 3.05) is 7.11 Å². The van der Waals surface area contributed by atoms with E-state index in [4.69, 9.17) is 9.47 Å². The third-order valence-electron chi connectivity index (χ3n) is 9.07. The number of hydrogen-bond donors (Lipinski definition) is 0. The maximum atomic E-state index is 11.7. The molecule has 0 bridgehead atoms. The van der Waals surface area contributed by atoms with Gasteiger partial charge in [-0.15, -0.1) is 0 Å². The van der Waals surface area contributed by atoms with Crippen molar-refractivity contribution in [2.45, 2.75) is 85.2 Å². The minimum absolute atomic E-state index is 0.0211. The molecule has 31 heavy (non-hydrogen) atoms. The van der Waals surface area contributed by atoms with Crippen LogP contribution in [0, 0.1) is 28.6 Å². The molecular formula is C27H38O4. The molecule has 0 amide bonds. The summed E-state index contributed by atoms with van der Waals surface area (Å²) in [5, 5.41) is 0. The van der Waals surface area contributed by atoms with Gasteiger partial charge in [-0.1, -0.05) is 44.6 Å². The molecular weight excluding hydrogens is 388 g/mol. The molecule has 4 heteroatoms. The molecule has 0 aromatic carbocycles. The summed E-state index contributed by atoms with van der Waals surface area (Å²) in [7, 11) is 1.48. The van der Waals surface area contributed by atoms with Gasteiger partial charge >= 0.3 is 11.9 Å².